The minimum absolute atomic E-state index is 0.593. The summed E-state index contributed by atoms with van der Waals surface area (Å²) in [5.41, 5.74) is 9.19. The van der Waals surface area contributed by atoms with Gasteiger partial charge in [0.05, 0.1) is 5.69 Å². The Balaban J connectivity index is 1.91. The zero-order valence-electron chi connectivity index (χ0n) is 10.3. The van der Waals surface area contributed by atoms with E-state index in [2.05, 4.69) is 29.6 Å². The highest BCUT2D eigenvalue weighted by atomic mass is 32.1. The minimum Gasteiger partial charge on any atom is -0.375 e. The molecule has 1 aliphatic rings. The molecule has 3 nitrogen and oxygen atoms in total. The van der Waals surface area contributed by atoms with E-state index in [-0.39, 0.29) is 0 Å². The van der Waals surface area contributed by atoms with Crippen LogP contribution in [0.5, 0.6) is 0 Å². The van der Waals surface area contributed by atoms with Crippen LogP contribution in [-0.2, 0) is 13.0 Å². The van der Waals surface area contributed by atoms with Crippen molar-refractivity contribution in [2.24, 2.45) is 5.73 Å². The van der Waals surface area contributed by atoms with Crippen molar-refractivity contribution in [3.05, 3.63) is 35.5 Å². The monoisotopic (exact) mass is 259 g/mol. The van der Waals surface area contributed by atoms with Gasteiger partial charge in [-0.25, -0.2) is 4.98 Å². The van der Waals surface area contributed by atoms with Crippen LogP contribution in [0.3, 0.4) is 0 Å². The van der Waals surface area contributed by atoms with Gasteiger partial charge in [0.25, 0.3) is 0 Å². The summed E-state index contributed by atoms with van der Waals surface area (Å²) in [5.74, 6) is 0. The fourth-order valence-corrected chi connectivity index (χ4v) is 3.23. The summed E-state index contributed by atoms with van der Waals surface area (Å²) in [7, 11) is 0. The second-order valence-electron chi connectivity index (χ2n) is 4.58. The summed E-state index contributed by atoms with van der Waals surface area (Å²) in [6.45, 7) is 1.66. The van der Waals surface area contributed by atoms with Gasteiger partial charge in [0, 0.05) is 18.7 Å². The number of nitrogens with zero attached hydrogens (tertiary/aromatic N) is 1. The number of nitrogens with two attached hydrogens (primary N) is 1. The molecule has 0 unspecified atom stereocenters. The summed E-state index contributed by atoms with van der Waals surface area (Å²) in [6.07, 6.45) is 3.57. The summed E-state index contributed by atoms with van der Waals surface area (Å²) in [6, 6.07) is 8.38. The maximum Gasteiger partial charge on any atom is 0.125 e. The molecule has 4 heteroatoms. The smallest absolute Gasteiger partial charge is 0.125 e. The largest absolute Gasteiger partial charge is 0.375 e. The molecule has 0 saturated carbocycles. The van der Waals surface area contributed by atoms with Gasteiger partial charge in [0.1, 0.15) is 10.0 Å². The standard InChI is InChI=1S/C14H17N3S/c15-9-10-4-6-11(7-5-10)13-17-12-3-1-2-8-16-14(12)18-13/h4-7,16H,1-3,8-9,15H2. The van der Waals surface area contributed by atoms with E-state index in [1.54, 1.807) is 11.3 Å². The molecule has 0 amide bonds. The molecule has 3 rings (SSSR count). The third kappa shape index (κ3) is 2.26. The molecule has 18 heavy (non-hydrogen) atoms. The molecule has 1 aliphatic heterocycles. The highest BCUT2D eigenvalue weighted by Gasteiger charge is 2.14. The van der Waals surface area contributed by atoms with Crippen molar-refractivity contribution in [1.82, 2.24) is 4.98 Å². The van der Waals surface area contributed by atoms with Crippen LogP contribution in [0, 0.1) is 0 Å². The Morgan fingerprint density at radius 3 is 2.83 bits per heavy atom. The molecular formula is C14H17N3S. The Hall–Kier alpha value is -1.39. The Kier molecular flexibility index (Phi) is 3.30. The number of rotatable bonds is 2. The predicted molar refractivity (Wildman–Crippen MR) is 76.9 cm³/mol. The zero-order chi connectivity index (χ0) is 12.4. The van der Waals surface area contributed by atoms with E-state index >= 15 is 0 Å². The average Bonchev–Trinajstić information content (AvgIpc) is 2.70. The van der Waals surface area contributed by atoms with Crippen LogP contribution < -0.4 is 11.1 Å². The van der Waals surface area contributed by atoms with Gasteiger partial charge < -0.3 is 11.1 Å². The van der Waals surface area contributed by atoms with Crippen LogP contribution in [0.25, 0.3) is 10.6 Å². The first kappa shape index (κ1) is 11.7. The number of benzene rings is 1. The van der Waals surface area contributed by atoms with Gasteiger partial charge in [-0.2, -0.15) is 0 Å². The lowest BCUT2D eigenvalue weighted by molar-refractivity contribution is 0.775. The van der Waals surface area contributed by atoms with E-state index in [9.17, 15) is 0 Å². The molecule has 0 aliphatic carbocycles. The van der Waals surface area contributed by atoms with Crippen molar-refractivity contribution in [3.63, 3.8) is 0 Å². The number of hydrogen-bond donors (Lipinski definition) is 2. The van der Waals surface area contributed by atoms with Crippen molar-refractivity contribution >= 4 is 16.3 Å². The second-order valence-corrected chi connectivity index (χ2v) is 5.58. The van der Waals surface area contributed by atoms with Gasteiger partial charge in [-0.1, -0.05) is 35.6 Å². The molecule has 1 aromatic carbocycles. The second kappa shape index (κ2) is 5.08. The van der Waals surface area contributed by atoms with Gasteiger partial charge >= 0.3 is 0 Å². The van der Waals surface area contributed by atoms with Crippen LogP contribution in [-0.4, -0.2) is 11.5 Å². The highest BCUT2D eigenvalue weighted by Crippen LogP contribution is 2.34. The van der Waals surface area contributed by atoms with Gasteiger partial charge in [0.15, 0.2) is 0 Å². The maximum atomic E-state index is 5.61. The number of fused-ring (bicyclic) bond motifs is 1. The molecule has 0 atom stereocenters. The maximum absolute atomic E-state index is 5.61. The summed E-state index contributed by atoms with van der Waals surface area (Å²) in [5, 5.41) is 5.84. The average molecular weight is 259 g/mol. The fourth-order valence-electron chi connectivity index (χ4n) is 2.19. The molecule has 0 spiro atoms. The first-order chi connectivity index (χ1) is 8.86. The zero-order valence-corrected chi connectivity index (χ0v) is 11.1. The first-order valence-electron chi connectivity index (χ1n) is 6.40. The molecule has 3 N–H and O–H groups in total. The Morgan fingerprint density at radius 2 is 2.06 bits per heavy atom. The normalized spacial score (nSPS) is 14.7. The van der Waals surface area contributed by atoms with Crippen molar-refractivity contribution in [2.45, 2.75) is 25.8 Å². The van der Waals surface area contributed by atoms with Gasteiger partial charge in [-0.3, -0.25) is 0 Å². The van der Waals surface area contributed by atoms with E-state index in [0.717, 1.165) is 23.5 Å². The Labute approximate surface area is 111 Å². The lowest BCUT2D eigenvalue weighted by Gasteiger charge is -1.99. The molecule has 0 bridgehead atoms. The SMILES string of the molecule is NCc1ccc(-c2nc3c(s2)NCCCC3)cc1. The molecule has 0 radical (unpaired) electrons. The lowest BCUT2D eigenvalue weighted by Crippen LogP contribution is -1.96. The first-order valence-corrected chi connectivity index (χ1v) is 7.21. The summed E-state index contributed by atoms with van der Waals surface area (Å²) in [4.78, 5) is 4.76. The third-order valence-corrected chi connectivity index (χ3v) is 4.36. The van der Waals surface area contributed by atoms with Crippen molar-refractivity contribution in [1.29, 1.82) is 0 Å². The van der Waals surface area contributed by atoms with Crippen molar-refractivity contribution in [2.75, 3.05) is 11.9 Å². The quantitative estimate of drug-likeness (QED) is 0.871. The van der Waals surface area contributed by atoms with Gasteiger partial charge in [-0.05, 0) is 24.8 Å². The Morgan fingerprint density at radius 1 is 1.22 bits per heavy atom. The number of nitrogens with one attached hydrogen (secondary N) is 1. The molecule has 0 saturated heterocycles. The topological polar surface area (TPSA) is 50.9 Å². The molecule has 2 aromatic rings. The van der Waals surface area contributed by atoms with E-state index in [4.69, 9.17) is 10.7 Å². The number of thiazole rings is 1. The molecular weight excluding hydrogens is 242 g/mol. The lowest BCUT2D eigenvalue weighted by atomic mass is 10.1. The van der Waals surface area contributed by atoms with Gasteiger partial charge in [-0.15, -0.1) is 0 Å². The van der Waals surface area contributed by atoms with Crippen molar-refractivity contribution < 1.29 is 0 Å². The molecule has 94 valence electrons. The number of hydrogen-bond acceptors (Lipinski definition) is 4. The Bertz CT molecular complexity index is 507. The highest BCUT2D eigenvalue weighted by molar-refractivity contribution is 7.19. The van der Waals surface area contributed by atoms with Crippen molar-refractivity contribution in [3.8, 4) is 10.6 Å². The van der Waals surface area contributed by atoms with Gasteiger partial charge in [0.2, 0.25) is 0 Å². The third-order valence-electron chi connectivity index (χ3n) is 3.26. The fraction of sp³-hybridized carbons (Fsp3) is 0.357. The summed E-state index contributed by atoms with van der Waals surface area (Å²) < 4.78 is 0. The molecule has 1 aromatic heterocycles. The minimum atomic E-state index is 0.593. The molecule has 2 heterocycles. The van der Waals surface area contributed by atoms with E-state index in [1.165, 1.54) is 29.1 Å². The number of aryl methyl sites for hydroxylation is 1. The van der Waals surface area contributed by atoms with Crippen LogP contribution >= 0.6 is 11.3 Å². The predicted octanol–water partition coefficient (Wildman–Crippen LogP) is 3.02. The van der Waals surface area contributed by atoms with E-state index < -0.39 is 0 Å². The summed E-state index contributed by atoms with van der Waals surface area (Å²) >= 11 is 1.76. The van der Waals surface area contributed by atoms with Crippen LogP contribution in [0.4, 0.5) is 5.00 Å². The van der Waals surface area contributed by atoms with E-state index in [1.807, 2.05) is 0 Å². The van der Waals surface area contributed by atoms with Crippen LogP contribution in [0.1, 0.15) is 24.1 Å². The molecule has 0 fully saturated rings. The number of aromatic nitrogens is 1. The van der Waals surface area contributed by atoms with E-state index in [0.29, 0.717) is 6.54 Å². The van der Waals surface area contributed by atoms with Crippen LogP contribution in [0.2, 0.25) is 0 Å². The van der Waals surface area contributed by atoms with Crippen LogP contribution in [0.15, 0.2) is 24.3 Å². The number of anilines is 1.